The molecule has 2 atom stereocenters. The molecule has 1 fully saturated rings. The number of hydrogen-bond donors (Lipinski definition) is 2. The van der Waals surface area contributed by atoms with Gasteiger partial charge in [-0.25, -0.2) is 9.37 Å². The molecular weight excluding hydrogens is 463 g/mol. The minimum Gasteiger partial charge on any atom is -0.496 e. The molecule has 1 aromatic heterocycles. The van der Waals surface area contributed by atoms with Crippen molar-refractivity contribution in [1.82, 2.24) is 20.2 Å². The first-order chi connectivity index (χ1) is 17.1. The first kappa shape index (κ1) is 23.4. The van der Waals surface area contributed by atoms with Gasteiger partial charge in [0.1, 0.15) is 11.6 Å². The number of hydrogen-bond acceptors (Lipinski definition) is 5. The summed E-state index contributed by atoms with van der Waals surface area (Å²) in [6.07, 6.45) is 0.675. The van der Waals surface area contributed by atoms with Crippen molar-refractivity contribution in [3.63, 3.8) is 0 Å². The fourth-order valence-electron chi connectivity index (χ4n) is 4.56. The van der Waals surface area contributed by atoms with Crippen LogP contribution in [0.3, 0.4) is 0 Å². The van der Waals surface area contributed by atoms with Gasteiger partial charge in [0, 0.05) is 30.4 Å². The molecule has 0 aliphatic carbocycles. The average molecular weight is 491 g/mol. The smallest absolute Gasteiger partial charge is 0.237 e. The quantitative estimate of drug-likeness (QED) is 0.373. The molecule has 2 heterocycles. The molecule has 0 radical (unpaired) electrons. The van der Waals surface area contributed by atoms with E-state index in [0.717, 1.165) is 33.1 Å². The lowest BCUT2D eigenvalue weighted by atomic mass is 10.1. The van der Waals surface area contributed by atoms with Crippen LogP contribution in [0.1, 0.15) is 17.5 Å². The number of benzene rings is 3. The van der Waals surface area contributed by atoms with E-state index in [1.807, 2.05) is 54.6 Å². The summed E-state index contributed by atoms with van der Waals surface area (Å²) in [6, 6.07) is 21.8. The molecule has 5 rings (SSSR count). The Kier molecular flexibility index (Phi) is 7.01. The molecule has 0 saturated carbocycles. The highest BCUT2D eigenvalue weighted by Gasteiger charge is 2.37. The fourth-order valence-corrected chi connectivity index (χ4v) is 5.74. The van der Waals surface area contributed by atoms with Crippen molar-refractivity contribution in [3.8, 4) is 5.75 Å². The van der Waals surface area contributed by atoms with Gasteiger partial charge in [0.2, 0.25) is 5.91 Å². The summed E-state index contributed by atoms with van der Waals surface area (Å²) in [6.45, 7) is 1.58. The molecule has 4 aromatic rings. The maximum atomic E-state index is 13.8. The molecule has 6 nitrogen and oxygen atoms in total. The van der Waals surface area contributed by atoms with Gasteiger partial charge in [-0.3, -0.25) is 9.69 Å². The number of H-pyrrole nitrogens is 1. The summed E-state index contributed by atoms with van der Waals surface area (Å²) in [5.41, 5.74) is 3.69. The average Bonchev–Trinajstić information content (AvgIpc) is 3.46. The number of imidazole rings is 1. The fraction of sp³-hybridized carbons (Fsp3) is 0.259. The van der Waals surface area contributed by atoms with Crippen molar-refractivity contribution in [3.05, 3.63) is 89.7 Å². The number of ether oxygens (including phenoxy) is 1. The van der Waals surface area contributed by atoms with E-state index in [1.165, 1.54) is 12.1 Å². The molecule has 1 aliphatic heterocycles. The number of aromatic nitrogens is 2. The highest BCUT2D eigenvalue weighted by molar-refractivity contribution is 7.99. The van der Waals surface area contributed by atoms with Crippen LogP contribution >= 0.6 is 11.8 Å². The van der Waals surface area contributed by atoms with Gasteiger partial charge in [-0.15, -0.1) is 0 Å². The van der Waals surface area contributed by atoms with E-state index in [0.29, 0.717) is 26.1 Å². The van der Waals surface area contributed by atoms with Crippen molar-refractivity contribution >= 4 is 28.7 Å². The molecule has 0 bridgehead atoms. The zero-order chi connectivity index (χ0) is 24.2. The first-order valence-corrected chi connectivity index (χ1v) is 12.5. The van der Waals surface area contributed by atoms with Gasteiger partial charge in [-0.05, 0) is 42.3 Å². The van der Waals surface area contributed by atoms with Crippen LogP contribution in [0.25, 0.3) is 11.0 Å². The first-order valence-electron chi connectivity index (χ1n) is 11.6. The predicted octanol–water partition coefficient (Wildman–Crippen LogP) is 4.76. The number of thioether (sulfide) groups is 1. The van der Waals surface area contributed by atoms with E-state index in [4.69, 9.17) is 4.74 Å². The van der Waals surface area contributed by atoms with Crippen molar-refractivity contribution in [2.75, 3.05) is 13.7 Å². The third-order valence-corrected chi connectivity index (χ3v) is 7.33. The summed E-state index contributed by atoms with van der Waals surface area (Å²) >= 11 is 1.65. The molecule has 1 saturated heterocycles. The Balaban J connectivity index is 1.31. The normalized spacial score (nSPS) is 18.1. The van der Waals surface area contributed by atoms with Crippen LogP contribution in [0.4, 0.5) is 4.39 Å². The molecular formula is C27H27FN4O2S. The maximum absolute atomic E-state index is 13.8. The van der Waals surface area contributed by atoms with Crippen LogP contribution in [-0.4, -0.2) is 45.7 Å². The van der Waals surface area contributed by atoms with E-state index >= 15 is 0 Å². The number of amides is 1. The summed E-state index contributed by atoms with van der Waals surface area (Å²) < 4.78 is 19.2. The number of carbonyl (C=O) groups is 1. The molecule has 35 heavy (non-hydrogen) atoms. The highest BCUT2D eigenvalue weighted by atomic mass is 32.2. The van der Waals surface area contributed by atoms with Crippen molar-refractivity contribution in [2.24, 2.45) is 0 Å². The van der Waals surface area contributed by atoms with Gasteiger partial charge < -0.3 is 15.0 Å². The molecule has 8 heteroatoms. The van der Waals surface area contributed by atoms with Crippen LogP contribution in [0.15, 0.2) is 78.0 Å². The van der Waals surface area contributed by atoms with Gasteiger partial charge in [0.25, 0.3) is 0 Å². The topological polar surface area (TPSA) is 70.2 Å². The number of aromatic amines is 1. The largest absolute Gasteiger partial charge is 0.496 e. The molecule has 2 N–H and O–H groups in total. The lowest BCUT2D eigenvalue weighted by molar-refractivity contribution is -0.125. The van der Waals surface area contributed by atoms with Gasteiger partial charge in [-0.1, -0.05) is 54.2 Å². The van der Waals surface area contributed by atoms with E-state index in [1.54, 1.807) is 24.9 Å². The highest BCUT2D eigenvalue weighted by Crippen LogP contribution is 2.33. The Hall–Kier alpha value is -3.36. The number of nitrogens with one attached hydrogen (secondary N) is 2. The Morgan fingerprint density at radius 1 is 1.17 bits per heavy atom. The van der Waals surface area contributed by atoms with Crippen LogP contribution in [0.2, 0.25) is 0 Å². The summed E-state index contributed by atoms with van der Waals surface area (Å²) in [5, 5.41) is 4.10. The number of methoxy groups -OCH3 is 1. The molecule has 0 unspecified atom stereocenters. The monoisotopic (exact) mass is 490 g/mol. The molecule has 1 aliphatic rings. The van der Waals surface area contributed by atoms with E-state index in [9.17, 15) is 9.18 Å². The Bertz CT molecular complexity index is 1290. The third kappa shape index (κ3) is 5.49. The van der Waals surface area contributed by atoms with E-state index in [2.05, 4.69) is 20.2 Å². The van der Waals surface area contributed by atoms with E-state index in [-0.39, 0.29) is 23.0 Å². The second-order valence-electron chi connectivity index (χ2n) is 8.64. The van der Waals surface area contributed by atoms with Crippen molar-refractivity contribution in [1.29, 1.82) is 0 Å². The maximum Gasteiger partial charge on any atom is 0.237 e. The molecule has 3 aromatic carbocycles. The predicted molar refractivity (Wildman–Crippen MR) is 136 cm³/mol. The summed E-state index contributed by atoms with van der Waals surface area (Å²) in [7, 11) is 1.62. The number of para-hydroxylation sites is 3. The summed E-state index contributed by atoms with van der Waals surface area (Å²) in [4.78, 5) is 23.5. The SMILES string of the molecule is COc1ccccc1CNC(=O)[C@@H]1C[C@@H](Sc2nc3ccccc3[nH]2)CN1Cc1cccc(F)c1. The third-order valence-electron chi connectivity index (χ3n) is 6.23. The van der Waals surface area contributed by atoms with Crippen LogP contribution < -0.4 is 10.1 Å². The number of halogens is 1. The van der Waals surface area contributed by atoms with Crippen molar-refractivity contribution < 1.29 is 13.9 Å². The van der Waals surface area contributed by atoms with Gasteiger partial charge in [0.05, 0.1) is 24.2 Å². The van der Waals surface area contributed by atoms with Crippen LogP contribution in [0, 0.1) is 5.82 Å². The van der Waals surface area contributed by atoms with Crippen LogP contribution in [-0.2, 0) is 17.9 Å². The summed E-state index contributed by atoms with van der Waals surface area (Å²) in [5.74, 6) is 0.432. The Labute approximate surface area is 207 Å². The minimum atomic E-state index is -0.324. The molecule has 1 amide bonds. The molecule has 0 spiro atoms. The van der Waals surface area contributed by atoms with Gasteiger partial charge in [-0.2, -0.15) is 0 Å². The lowest BCUT2D eigenvalue weighted by Gasteiger charge is -2.24. The minimum absolute atomic E-state index is 0.0417. The Morgan fingerprint density at radius 2 is 2.00 bits per heavy atom. The van der Waals surface area contributed by atoms with Crippen LogP contribution in [0.5, 0.6) is 5.75 Å². The zero-order valence-electron chi connectivity index (χ0n) is 19.4. The number of nitrogens with zero attached hydrogens (tertiary/aromatic N) is 2. The number of fused-ring (bicyclic) bond motifs is 1. The van der Waals surface area contributed by atoms with Gasteiger partial charge in [0.15, 0.2) is 5.16 Å². The second kappa shape index (κ2) is 10.5. The Morgan fingerprint density at radius 3 is 2.83 bits per heavy atom. The number of carbonyl (C=O) groups excluding carboxylic acids is 1. The number of rotatable bonds is 8. The van der Waals surface area contributed by atoms with Gasteiger partial charge >= 0.3 is 0 Å². The zero-order valence-corrected chi connectivity index (χ0v) is 20.2. The lowest BCUT2D eigenvalue weighted by Crippen LogP contribution is -2.42. The number of likely N-dealkylation sites (tertiary alicyclic amines) is 1. The molecule has 180 valence electrons. The van der Waals surface area contributed by atoms with E-state index < -0.39 is 0 Å². The van der Waals surface area contributed by atoms with Crippen molar-refractivity contribution in [2.45, 2.75) is 36.0 Å². The standard InChI is InChI=1S/C27H27FN4O2S/c1-34-25-12-5-2-8-19(25)15-29-26(33)24-14-21(17-32(24)16-18-7-6-9-20(28)13-18)35-27-30-22-10-3-4-11-23(22)31-27/h2-13,21,24H,14-17H2,1H3,(H,29,33)(H,30,31)/t21-,24+/m1/s1. The second-order valence-corrected chi connectivity index (χ2v) is 9.93.